The summed E-state index contributed by atoms with van der Waals surface area (Å²) in [6.07, 6.45) is -3.17. The van der Waals surface area contributed by atoms with Gasteiger partial charge in [-0.15, -0.1) is 0 Å². The van der Waals surface area contributed by atoms with Crippen LogP contribution in [-0.2, 0) is 6.61 Å². The van der Waals surface area contributed by atoms with Gasteiger partial charge in [0.05, 0.1) is 17.2 Å². The van der Waals surface area contributed by atoms with Gasteiger partial charge in [-0.25, -0.2) is 13.8 Å². The third-order valence-corrected chi connectivity index (χ3v) is 1.77. The highest BCUT2D eigenvalue weighted by atomic mass is 19.3. The van der Waals surface area contributed by atoms with Crippen molar-refractivity contribution in [1.29, 1.82) is 5.26 Å². The Bertz CT molecular complexity index is 470. The van der Waals surface area contributed by atoms with Gasteiger partial charge in [0.2, 0.25) is 0 Å². The van der Waals surface area contributed by atoms with Gasteiger partial charge in [0.15, 0.2) is 5.69 Å². The minimum Gasteiger partial charge on any atom is -0.390 e. The third kappa shape index (κ3) is 2.09. The fraction of sp³-hybridized carbons (Fsp3) is 0.250. The number of hydrogen-bond donors (Lipinski definition) is 1. The van der Waals surface area contributed by atoms with E-state index in [1.54, 1.807) is 0 Å². The summed E-state index contributed by atoms with van der Waals surface area (Å²) in [5.41, 5.74) is -2.88. The second kappa shape index (κ2) is 4.59. The molecule has 0 fully saturated rings. The fourth-order valence-electron chi connectivity index (χ4n) is 1.13. The van der Waals surface area contributed by atoms with Crippen LogP contribution in [0.15, 0.2) is 6.07 Å². The Morgan fingerprint density at radius 1 is 1.69 bits per heavy atom. The maximum absolute atomic E-state index is 12.5. The van der Waals surface area contributed by atoms with Gasteiger partial charge in [-0.2, -0.15) is 5.26 Å². The molecule has 1 aromatic rings. The van der Waals surface area contributed by atoms with Crippen LogP contribution in [0.2, 0.25) is 0 Å². The molecule has 8 heteroatoms. The van der Waals surface area contributed by atoms with E-state index in [0.29, 0.717) is 0 Å². The van der Waals surface area contributed by atoms with Gasteiger partial charge < -0.3 is 5.11 Å². The SMILES string of the molecule is N#Cc1nc(CO)cc([N+](=O)[O-])c1C(F)F. The molecule has 0 bridgehead atoms. The summed E-state index contributed by atoms with van der Waals surface area (Å²) in [7, 11) is 0. The molecule has 0 saturated carbocycles. The summed E-state index contributed by atoms with van der Waals surface area (Å²) < 4.78 is 25.0. The Hall–Kier alpha value is -2.14. The van der Waals surface area contributed by atoms with Gasteiger partial charge >= 0.3 is 0 Å². The Labute approximate surface area is 87.9 Å². The van der Waals surface area contributed by atoms with Crippen molar-refractivity contribution in [3.05, 3.63) is 33.1 Å². The summed E-state index contributed by atoms with van der Waals surface area (Å²) in [6.45, 7) is -0.668. The van der Waals surface area contributed by atoms with E-state index in [1.165, 1.54) is 6.07 Å². The molecule has 0 saturated heterocycles. The van der Waals surface area contributed by atoms with Gasteiger partial charge in [-0.05, 0) is 0 Å². The first kappa shape index (κ1) is 11.9. The van der Waals surface area contributed by atoms with Gasteiger partial charge in [-0.1, -0.05) is 0 Å². The molecule has 1 heterocycles. The summed E-state index contributed by atoms with van der Waals surface area (Å²) in [5.74, 6) is 0. The Balaban J connectivity index is 3.55. The molecular weight excluding hydrogens is 224 g/mol. The van der Waals surface area contributed by atoms with Crippen molar-refractivity contribution >= 4 is 5.69 Å². The number of nitro groups is 1. The van der Waals surface area contributed by atoms with Crippen molar-refractivity contribution in [3.8, 4) is 6.07 Å². The van der Waals surface area contributed by atoms with Crippen LogP contribution in [0.5, 0.6) is 0 Å². The van der Waals surface area contributed by atoms with Crippen molar-refractivity contribution in [1.82, 2.24) is 4.98 Å². The lowest BCUT2D eigenvalue weighted by molar-refractivity contribution is -0.386. The van der Waals surface area contributed by atoms with Gasteiger partial charge in [0.1, 0.15) is 11.6 Å². The Kier molecular flexibility index (Phi) is 3.42. The molecular formula is C8H5F2N3O3. The molecule has 1 N–H and O–H groups in total. The number of halogens is 2. The number of aliphatic hydroxyl groups is 1. The van der Waals surface area contributed by atoms with Crippen LogP contribution in [0.4, 0.5) is 14.5 Å². The van der Waals surface area contributed by atoms with Crippen LogP contribution in [0.25, 0.3) is 0 Å². The van der Waals surface area contributed by atoms with E-state index in [-0.39, 0.29) is 5.69 Å². The molecule has 0 aliphatic heterocycles. The van der Waals surface area contributed by atoms with Crippen LogP contribution < -0.4 is 0 Å². The van der Waals surface area contributed by atoms with E-state index >= 15 is 0 Å². The predicted molar refractivity (Wildman–Crippen MR) is 46.5 cm³/mol. The molecule has 84 valence electrons. The molecule has 1 aromatic heterocycles. The number of nitrogens with zero attached hydrogens (tertiary/aromatic N) is 3. The van der Waals surface area contributed by atoms with E-state index in [9.17, 15) is 18.9 Å². The largest absolute Gasteiger partial charge is 0.390 e. The fourth-order valence-corrected chi connectivity index (χ4v) is 1.13. The summed E-state index contributed by atoms with van der Waals surface area (Å²) >= 11 is 0. The highest BCUT2D eigenvalue weighted by Gasteiger charge is 2.27. The Morgan fingerprint density at radius 3 is 2.69 bits per heavy atom. The number of alkyl halides is 2. The zero-order valence-corrected chi connectivity index (χ0v) is 7.72. The highest BCUT2D eigenvalue weighted by Crippen LogP contribution is 2.31. The first-order valence-electron chi connectivity index (χ1n) is 3.98. The smallest absolute Gasteiger partial charge is 0.283 e. The van der Waals surface area contributed by atoms with Crippen LogP contribution in [0.1, 0.15) is 23.4 Å². The van der Waals surface area contributed by atoms with Gasteiger partial charge in [-0.3, -0.25) is 10.1 Å². The number of aromatic nitrogens is 1. The Morgan fingerprint density at radius 2 is 2.31 bits per heavy atom. The minimum atomic E-state index is -3.17. The van der Waals surface area contributed by atoms with Crippen LogP contribution in [0.3, 0.4) is 0 Å². The van der Waals surface area contributed by atoms with Crippen molar-refractivity contribution < 1.29 is 18.8 Å². The molecule has 16 heavy (non-hydrogen) atoms. The lowest BCUT2D eigenvalue weighted by atomic mass is 10.1. The van der Waals surface area contributed by atoms with E-state index in [0.717, 1.165) is 6.07 Å². The maximum Gasteiger partial charge on any atom is 0.283 e. The van der Waals surface area contributed by atoms with Crippen molar-refractivity contribution in [2.75, 3.05) is 0 Å². The normalized spacial score (nSPS) is 10.2. The van der Waals surface area contributed by atoms with Crippen molar-refractivity contribution in [2.24, 2.45) is 0 Å². The lowest BCUT2D eigenvalue weighted by Crippen LogP contribution is -2.04. The summed E-state index contributed by atoms with van der Waals surface area (Å²) in [5, 5.41) is 27.8. The molecule has 1 rings (SSSR count). The zero-order valence-electron chi connectivity index (χ0n) is 7.72. The quantitative estimate of drug-likeness (QED) is 0.621. The first-order valence-corrected chi connectivity index (χ1v) is 3.98. The zero-order chi connectivity index (χ0) is 12.3. The average molecular weight is 229 g/mol. The molecule has 0 aromatic carbocycles. The topological polar surface area (TPSA) is 100 Å². The van der Waals surface area contributed by atoms with Crippen LogP contribution in [0, 0.1) is 21.4 Å². The van der Waals surface area contributed by atoms with E-state index in [1.807, 2.05) is 0 Å². The van der Waals surface area contributed by atoms with Crippen molar-refractivity contribution in [3.63, 3.8) is 0 Å². The lowest BCUT2D eigenvalue weighted by Gasteiger charge is -2.05. The number of nitriles is 1. The summed E-state index contributed by atoms with van der Waals surface area (Å²) in [4.78, 5) is 12.9. The molecule has 0 aliphatic rings. The van der Waals surface area contributed by atoms with Crippen LogP contribution >= 0.6 is 0 Å². The second-order valence-electron chi connectivity index (χ2n) is 2.72. The molecule has 0 amide bonds. The van der Waals surface area contributed by atoms with Crippen molar-refractivity contribution in [2.45, 2.75) is 13.0 Å². The molecule has 0 aliphatic carbocycles. The summed E-state index contributed by atoms with van der Waals surface area (Å²) in [6, 6.07) is 2.06. The maximum atomic E-state index is 12.5. The van der Waals surface area contributed by atoms with Gasteiger partial charge in [0, 0.05) is 6.07 Å². The molecule has 0 spiro atoms. The number of rotatable bonds is 3. The number of pyridine rings is 1. The first-order chi connectivity index (χ1) is 7.51. The van der Waals surface area contributed by atoms with E-state index in [4.69, 9.17) is 10.4 Å². The standard InChI is InChI=1S/C8H5F2N3O3/c9-8(10)7-5(2-11)12-4(3-14)1-6(7)13(15)16/h1,8,14H,3H2. The third-order valence-electron chi connectivity index (χ3n) is 1.77. The minimum absolute atomic E-state index is 0.201. The van der Waals surface area contributed by atoms with E-state index < -0.39 is 34.9 Å². The highest BCUT2D eigenvalue weighted by molar-refractivity contribution is 5.49. The molecule has 0 unspecified atom stereocenters. The second-order valence-corrected chi connectivity index (χ2v) is 2.72. The monoisotopic (exact) mass is 229 g/mol. The van der Waals surface area contributed by atoms with E-state index in [2.05, 4.69) is 4.98 Å². The van der Waals surface area contributed by atoms with Crippen LogP contribution in [-0.4, -0.2) is 15.0 Å². The predicted octanol–water partition coefficient (Wildman–Crippen LogP) is 1.29. The average Bonchev–Trinajstić information content (AvgIpc) is 2.26. The van der Waals surface area contributed by atoms with Gasteiger partial charge in [0.25, 0.3) is 12.1 Å². The molecule has 0 atom stereocenters. The molecule has 6 nitrogen and oxygen atoms in total. The number of aliphatic hydroxyl groups excluding tert-OH is 1. The number of hydrogen-bond acceptors (Lipinski definition) is 5. The molecule has 0 radical (unpaired) electrons.